The Morgan fingerprint density at radius 2 is 2.55 bits per heavy atom. The lowest BCUT2D eigenvalue weighted by Gasteiger charge is -1.91. The Labute approximate surface area is 67.4 Å². The fourth-order valence-corrected chi connectivity index (χ4v) is 0.782. The summed E-state index contributed by atoms with van der Waals surface area (Å²) in [4.78, 5) is 10.1. The predicted octanol–water partition coefficient (Wildman–Crippen LogP) is 0.203. The van der Waals surface area contributed by atoms with Crippen LogP contribution < -0.4 is 5.73 Å². The fourth-order valence-electron chi connectivity index (χ4n) is 0.632. The van der Waals surface area contributed by atoms with E-state index in [0.29, 0.717) is 0 Å². The van der Waals surface area contributed by atoms with Crippen LogP contribution in [0.25, 0.3) is 0 Å². The first-order valence-electron chi connectivity index (χ1n) is 2.80. The number of nitrogens with two attached hydrogens (primary N) is 1. The number of carbonyl (C=O) groups is 1. The van der Waals surface area contributed by atoms with Crippen molar-refractivity contribution in [3.05, 3.63) is 11.2 Å². The van der Waals surface area contributed by atoms with Crippen molar-refractivity contribution in [1.29, 1.82) is 0 Å². The molecule has 0 aliphatic heterocycles. The molecule has 0 atom stereocenters. The molecule has 0 fully saturated rings. The van der Waals surface area contributed by atoms with E-state index < -0.39 is 5.97 Å². The summed E-state index contributed by atoms with van der Waals surface area (Å²) in [5.41, 5.74) is 5.26. The molecule has 0 aliphatic carbocycles. The van der Waals surface area contributed by atoms with Crippen molar-refractivity contribution in [2.45, 2.75) is 6.54 Å². The molecule has 5 nitrogen and oxygen atoms in total. The SMILES string of the molecule is Nc1nn(CC(=O)O)cc1Cl. The van der Waals surface area contributed by atoms with E-state index in [1.807, 2.05) is 0 Å². The Hall–Kier alpha value is -1.23. The zero-order valence-corrected chi connectivity index (χ0v) is 6.25. The average Bonchev–Trinajstić information content (AvgIpc) is 2.10. The van der Waals surface area contributed by atoms with Crippen LogP contribution in [0.4, 0.5) is 5.82 Å². The van der Waals surface area contributed by atoms with Crippen molar-refractivity contribution >= 4 is 23.4 Å². The zero-order chi connectivity index (χ0) is 8.43. The van der Waals surface area contributed by atoms with Crippen molar-refractivity contribution in [3.8, 4) is 0 Å². The Morgan fingerprint density at radius 1 is 1.91 bits per heavy atom. The molecule has 0 spiro atoms. The highest BCUT2D eigenvalue weighted by Crippen LogP contribution is 2.14. The van der Waals surface area contributed by atoms with Gasteiger partial charge >= 0.3 is 5.97 Å². The number of halogens is 1. The van der Waals surface area contributed by atoms with Crippen LogP contribution in [0.1, 0.15) is 0 Å². The molecule has 60 valence electrons. The van der Waals surface area contributed by atoms with Gasteiger partial charge in [0.25, 0.3) is 0 Å². The van der Waals surface area contributed by atoms with Gasteiger partial charge in [0.1, 0.15) is 11.6 Å². The molecular formula is C5H6ClN3O2. The molecule has 0 saturated heterocycles. The molecule has 0 radical (unpaired) electrons. The van der Waals surface area contributed by atoms with Crippen LogP contribution >= 0.6 is 11.6 Å². The van der Waals surface area contributed by atoms with Gasteiger partial charge in [0.15, 0.2) is 5.82 Å². The van der Waals surface area contributed by atoms with E-state index in [4.69, 9.17) is 22.4 Å². The smallest absolute Gasteiger partial charge is 0.325 e. The summed E-state index contributed by atoms with van der Waals surface area (Å²) in [6.07, 6.45) is 1.37. The summed E-state index contributed by atoms with van der Waals surface area (Å²) in [6.45, 7) is -0.225. The molecule has 11 heavy (non-hydrogen) atoms. The first-order valence-corrected chi connectivity index (χ1v) is 3.17. The molecule has 1 heterocycles. The molecule has 1 aromatic heterocycles. The first-order chi connectivity index (χ1) is 5.09. The maximum atomic E-state index is 10.1. The van der Waals surface area contributed by atoms with Crippen molar-refractivity contribution in [2.75, 3.05) is 5.73 Å². The lowest BCUT2D eigenvalue weighted by atomic mass is 10.6. The molecule has 1 rings (SSSR count). The van der Waals surface area contributed by atoms with Crippen LogP contribution in [0.2, 0.25) is 5.02 Å². The van der Waals surface area contributed by atoms with Gasteiger partial charge in [0.2, 0.25) is 0 Å². The van der Waals surface area contributed by atoms with Crippen LogP contribution in [0.3, 0.4) is 0 Å². The standard InChI is InChI=1S/C5H6ClN3O2/c6-3-1-9(2-4(10)11)8-5(3)7/h1H,2H2,(H2,7,8)(H,10,11). The lowest BCUT2D eigenvalue weighted by Crippen LogP contribution is -2.09. The number of nitrogen functional groups attached to an aromatic ring is 1. The van der Waals surface area contributed by atoms with Crippen LogP contribution in [0, 0.1) is 0 Å². The third-order valence-electron chi connectivity index (χ3n) is 1.04. The van der Waals surface area contributed by atoms with Gasteiger partial charge in [-0.1, -0.05) is 11.6 Å². The highest BCUT2D eigenvalue weighted by atomic mass is 35.5. The topological polar surface area (TPSA) is 81.1 Å². The van der Waals surface area contributed by atoms with Gasteiger partial charge in [0.05, 0.1) is 0 Å². The zero-order valence-electron chi connectivity index (χ0n) is 5.49. The van der Waals surface area contributed by atoms with Crippen molar-refractivity contribution in [3.63, 3.8) is 0 Å². The summed E-state index contributed by atoms with van der Waals surface area (Å²) in [5.74, 6) is -0.836. The second kappa shape index (κ2) is 2.79. The van der Waals surface area contributed by atoms with Crippen LogP contribution in [-0.4, -0.2) is 20.9 Å². The minimum absolute atomic E-state index is 0.146. The Kier molecular flexibility index (Phi) is 2.00. The maximum Gasteiger partial charge on any atom is 0.325 e. The summed E-state index contributed by atoms with van der Waals surface area (Å²) in [7, 11) is 0. The molecule has 0 aromatic carbocycles. The third kappa shape index (κ3) is 1.84. The summed E-state index contributed by atoms with van der Waals surface area (Å²) in [5, 5.41) is 12.2. The van der Waals surface area contributed by atoms with Crippen molar-refractivity contribution in [1.82, 2.24) is 9.78 Å². The first kappa shape index (κ1) is 7.87. The largest absolute Gasteiger partial charge is 0.480 e. The quantitative estimate of drug-likeness (QED) is 0.673. The molecule has 6 heteroatoms. The minimum Gasteiger partial charge on any atom is -0.480 e. The molecule has 3 N–H and O–H groups in total. The monoisotopic (exact) mass is 175 g/mol. The fraction of sp³-hybridized carbons (Fsp3) is 0.200. The number of carboxylic acids is 1. The second-order valence-electron chi connectivity index (χ2n) is 1.95. The Balaban J connectivity index is 2.81. The molecular weight excluding hydrogens is 170 g/mol. The third-order valence-corrected chi connectivity index (χ3v) is 1.33. The highest BCUT2D eigenvalue weighted by Gasteiger charge is 2.04. The van der Waals surface area contributed by atoms with E-state index in [-0.39, 0.29) is 17.4 Å². The van der Waals surface area contributed by atoms with E-state index in [1.54, 1.807) is 0 Å². The summed E-state index contributed by atoms with van der Waals surface area (Å²) >= 11 is 5.51. The van der Waals surface area contributed by atoms with Gasteiger partial charge in [-0.05, 0) is 0 Å². The normalized spacial score (nSPS) is 9.91. The summed E-state index contributed by atoms with van der Waals surface area (Å²) < 4.78 is 1.17. The lowest BCUT2D eigenvalue weighted by molar-refractivity contribution is -0.137. The number of aromatic nitrogens is 2. The summed E-state index contributed by atoms with van der Waals surface area (Å²) in [6, 6.07) is 0. The average molecular weight is 176 g/mol. The number of hydrogen-bond acceptors (Lipinski definition) is 3. The number of nitrogens with zero attached hydrogens (tertiary/aromatic N) is 2. The predicted molar refractivity (Wildman–Crippen MR) is 39.3 cm³/mol. The second-order valence-corrected chi connectivity index (χ2v) is 2.36. The van der Waals surface area contributed by atoms with E-state index in [9.17, 15) is 4.79 Å². The number of carboxylic acid groups (broad SMARTS) is 1. The van der Waals surface area contributed by atoms with Gasteiger partial charge in [0, 0.05) is 6.20 Å². The van der Waals surface area contributed by atoms with E-state index in [1.165, 1.54) is 10.9 Å². The van der Waals surface area contributed by atoms with Gasteiger partial charge in [-0.25, -0.2) is 0 Å². The van der Waals surface area contributed by atoms with E-state index in [2.05, 4.69) is 5.10 Å². The molecule has 0 saturated carbocycles. The molecule has 1 aromatic rings. The number of aliphatic carboxylic acids is 1. The van der Waals surface area contributed by atoms with Crippen molar-refractivity contribution in [2.24, 2.45) is 0 Å². The van der Waals surface area contributed by atoms with Gasteiger partial charge < -0.3 is 10.8 Å². The van der Waals surface area contributed by atoms with Gasteiger partial charge in [-0.2, -0.15) is 5.10 Å². The molecule has 0 amide bonds. The van der Waals surface area contributed by atoms with Gasteiger partial charge in [-0.15, -0.1) is 0 Å². The number of hydrogen-bond donors (Lipinski definition) is 2. The van der Waals surface area contributed by atoms with Gasteiger partial charge in [-0.3, -0.25) is 9.48 Å². The van der Waals surface area contributed by atoms with Crippen LogP contribution in [0.5, 0.6) is 0 Å². The Bertz CT molecular complexity index is 264. The Morgan fingerprint density at radius 3 is 2.91 bits per heavy atom. The van der Waals surface area contributed by atoms with Crippen LogP contribution in [-0.2, 0) is 11.3 Å². The molecule has 0 unspecified atom stereocenters. The minimum atomic E-state index is -0.982. The molecule has 0 aliphatic rings. The van der Waals surface area contributed by atoms with E-state index >= 15 is 0 Å². The number of rotatable bonds is 2. The molecule has 0 bridgehead atoms. The van der Waals surface area contributed by atoms with Crippen molar-refractivity contribution < 1.29 is 9.90 Å². The number of anilines is 1. The highest BCUT2D eigenvalue weighted by molar-refractivity contribution is 6.32. The maximum absolute atomic E-state index is 10.1. The van der Waals surface area contributed by atoms with Crippen LogP contribution in [0.15, 0.2) is 6.20 Å². The van der Waals surface area contributed by atoms with E-state index in [0.717, 1.165) is 0 Å².